The third kappa shape index (κ3) is 27.7. The summed E-state index contributed by atoms with van der Waals surface area (Å²) in [5, 5.41) is 2.25. The van der Waals surface area contributed by atoms with Crippen LogP contribution in [0.4, 0.5) is 13.6 Å². The van der Waals surface area contributed by atoms with E-state index in [-0.39, 0.29) is 6.54 Å². The molecule has 0 aromatic carbocycles. The number of hydrogen-bond donors (Lipinski definition) is 1. The van der Waals surface area contributed by atoms with Crippen LogP contribution in [0.15, 0.2) is 0 Å². The number of esters is 1. The Bertz CT molecular complexity index is 268. The van der Waals surface area contributed by atoms with Gasteiger partial charge in [-0.05, 0) is 20.8 Å². The van der Waals surface area contributed by atoms with E-state index in [0.717, 1.165) is 0 Å². The second kappa shape index (κ2) is 15.0. The van der Waals surface area contributed by atoms with Crippen molar-refractivity contribution in [3.8, 4) is 0 Å². The topological polar surface area (TPSA) is 73.9 Å². The number of nitrogens with one attached hydrogen (secondary N) is 1. The fourth-order valence-electron chi connectivity index (χ4n) is 0.657. The van der Waals surface area contributed by atoms with E-state index in [1.165, 1.54) is 14.2 Å². The van der Waals surface area contributed by atoms with E-state index < -0.39 is 30.7 Å². The van der Waals surface area contributed by atoms with Crippen molar-refractivity contribution in [3.63, 3.8) is 0 Å². The molecular weight excluding hydrogens is 288 g/mol. The van der Waals surface area contributed by atoms with Crippen LogP contribution in [0.25, 0.3) is 0 Å². The van der Waals surface area contributed by atoms with E-state index in [9.17, 15) is 18.4 Å². The number of carbonyl (C=O) groups excluding carboxylic acids is 2. The molecule has 0 fully saturated rings. The van der Waals surface area contributed by atoms with Gasteiger partial charge in [0.2, 0.25) is 0 Å². The molecule has 6 nitrogen and oxygen atoms in total. The van der Waals surface area contributed by atoms with Crippen LogP contribution in [0.3, 0.4) is 0 Å². The average Bonchev–Trinajstić information content (AvgIpc) is 2.37. The van der Waals surface area contributed by atoms with Gasteiger partial charge in [0.1, 0.15) is 18.8 Å². The molecule has 0 saturated carbocycles. The Morgan fingerprint density at radius 2 is 1.62 bits per heavy atom. The van der Waals surface area contributed by atoms with Gasteiger partial charge in [-0.2, -0.15) is 0 Å². The maximum Gasteiger partial charge on any atom is 0.408 e. The third-order valence-electron chi connectivity index (χ3n) is 1.30. The lowest BCUT2D eigenvalue weighted by molar-refractivity contribution is -0.139. The van der Waals surface area contributed by atoms with Gasteiger partial charge in [0.05, 0.1) is 7.11 Å². The standard InChI is InChI=1S/C8H15NO4.C3H6F2O.C2H6/c1-8(2,3)13-7(11)9-5-6(10)12-4;1-6-2-3(4)5;1-2/h5H2,1-4H3,(H,9,11);3H,2H2,1H3;1-2H3. The lowest BCUT2D eigenvalue weighted by atomic mass is 10.2. The highest BCUT2D eigenvalue weighted by atomic mass is 19.3. The van der Waals surface area contributed by atoms with Gasteiger partial charge in [-0.3, -0.25) is 4.79 Å². The minimum absolute atomic E-state index is 0.175. The Hall–Kier alpha value is -1.44. The highest BCUT2D eigenvalue weighted by Crippen LogP contribution is 2.05. The highest BCUT2D eigenvalue weighted by Gasteiger charge is 2.16. The van der Waals surface area contributed by atoms with Gasteiger partial charge >= 0.3 is 12.1 Å². The van der Waals surface area contributed by atoms with Crippen molar-refractivity contribution in [2.24, 2.45) is 0 Å². The first-order valence-electron chi connectivity index (χ1n) is 6.43. The summed E-state index contributed by atoms with van der Waals surface area (Å²) < 4.78 is 35.1. The molecule has 1 amide bonds. The minimum atomic E-state index is -2.32. The first-order valence-corrected chi connectivity index (χ1v) is 6.43. The van der Waals surface area contributed by atoms with E-state index in [0.29, 0.717) is 0 Å². The molecule has 0 radical (unpaired) electrons. The average molecular weight is 315 g/mol. The van der Waals surface area contributed by atoms with Crippen molar-refractivity contribution in [3.05, 3.63) is 0 Å². The fourth-order valence-corrected chi connectivity index (χ4v) is 0.657. The Morgan fingerprint density at radius 1 is 1.14 bits per heavy atom. The normalized spacial score (nSPS) is 9.62. The fraction of sp³-hybridized carbons (Fsp3) is 0.846. The van der Waals surface area contributed by atoms with E-state index in [1.807, 2.05) is 13.8 Å². The molecule has 0 aromatic rings. The number of hydrogen-bond acceptors (Lipinski definition) is 5. The van der Waals surface area contributed by atoms with Crippen molar-refractivity contribution in [2.75, 3.05) is 27.4 Å². The van der Waals surface area contributed by atoms with E-state index in [2.05, 4.69) is 14.8 Å². The summed E-state index contributed by atoms with van der Waals surface area (Å²) in [6, 6.07) is 0. The number of amides is 1. The molecule has 0 saturated heterocycles. The van der Waals surface area contributed by atoms with Crippen molar-refractivity contribution in [2.45, 2.75) is 46.6 Å². The van der Waals surface area contributed by atoms with Crippen molar-refractivity contribution < 1.29 is 32.6 Å². The minimum Gasteiger partial charge on any atom is -0.468 e. The first kappa shape index (κ1) is 24.6. The van der Waals surface area contributed by atoms with Crippen LogP contribution in [0, 0.1) is 0 Å². The molecule has 8 heteroatoms. The van der Waals surface area contributed by atoms with Crippen molar-refractivity contribution >= 4 is 12.1 Å². The summed E-state index contributed by atoms with van der Waals surface area (Å²) in [5.74, 6) is -0.508. The highest BCUT2D eigenvalue weighted by molar-refractivity contribution is 5.77. The van der Waals surface area contributed by atoms with Gasteiger partial charge in [0.25, 0.3) is 6.43 Å². The SMILES string of the molecule is CC.COC(=O)CNC(=O)OC(C)(C)C.COCC(F)F. The molecule has 1 N–H and O–H groups in total. The third-order valence-corrected chi connectivity index (χ3v) is 1.30. The zero-order valence-corrected chi connectivity index (χ0v) is 13.8. The van der Waals surface area contributed by atoms with Crippen LogP contribution in [0.1, 0.15) is 34.6 Å². The summed E-state index contributed by atoms with van der Waals surface area (Å²) in [6.07, 6.45) is -2.95. The van der Waals surface area contributed by atoms with Crippen LogP contribution >= 0.6 is 0 Å². The van der Waals surface area contributed by atoms with Gasteiger partial charge in [-0.1, -0.05) is 13.8 Å². The van der Waals surface area contributed by atoms with Gasteiger partial charge in [0, 0.05) is 7.11 Å². The largest absolute Gasteiger partial charge is 0.468 e. The molecule has 0 rings (SSSR count). The predicted molar refractivity (Wildman–Crippen MR) is 75.5 cm³/mol. The quantitative estimate of drug-likeness (QED) is 0.807. The van der Waals surface area contributed by atoms with E-state index in [1.54, 1.807) is 20.8 Å². The summed E-state index contributed by atoms with van der Waals surface area (Å²) in [6.45, 7) is 8.59. The molecule has 0 aliphatic rings. The van der Waals surface area contributed by atoms with Crippen molar-refractivity contribution in [1.82, 2.24) is 5.32 Å². The Balaban J connectivity index is -0.000000339. The number of methoxy groups -OCH3 is 2. The van der Waals surface area contributed by atoms with Gasteiger partial charge in [0.15, 0.2) is 0 Å². The Labute approximate surface area is 125 Å². The lowest BCUT2D eigenvalue weighted by Gasteiger charge is -2.19. The van der Waals surface area contributed by atoms with Crippen LogP contribution < -0.4 is 5.32 Å². The van der Waals surface area contributed by atoms with E-state index >= 15 is 0 Å². The van der Waals surface area contributed by atoms with Gasteiger partial charge in [-0.25, -0.2) is 13.6 Å². The predicted octanol–water partition coefficient (Wildman–Crippen LogP) is 2.61. The summed E-state index contributed by atoms with van der Waals surface area (Å²) in [5.41, 5.74) is -0.555. The number of carbonyl (C=O) groups is 2. The first-order chi connectivity index (χ1) is 9.62. The van der Waals surface area contributed by atoms with Crippen LogP contribution in [0.2, 0.25) is 0 Å². The Kier molecular flexibility index (Phi) is 17.5. The Morgan fingerprint density at radius 3 is 1.86 bits per heavy atom. The maximum absolute atomic E-state index is 10.9. The number of ether oxygens (including phenoxy) is 3. The van der Waals surface area contributed by atoms with Crippen molar-refractivity contribution in [1.29, 1.82) is 0 Å². The number of alkyl carbamates (subject to hydrolysis) is 1. The van der Waals surface area contributed by atoms with Crippen LogP contribution in [0.5, 0.6) is 0 Å². The maximum atomic E-state index is 10.9. The summed E-state index contributed by atoms with van der Waals surface area (Å²) >= 11 is 0. The monoisotopic (exact) mass is 315 g/mol. The molecule has 0 aliphatic heterocycles. The summed E-state index contributed by atoms with van der Waals surface area (Å²) in [7, 11) is 2.49. The van der Waals surface area contributed by atoms with Crippen LogP contribution in [-0.2, 0) is 19.0 Å². The number of halogens is 2. The smallest absolute Gasteiger partial charge is 0.408 e. The molecule has 0 heterocycles. The van der Waals surface area contributed by atoms with Crippen LogP contribution in [-0.4, -0.2) is 51.5 Å². The lowest BCUT2D eigenvalue weighted by Crippen LogP contribution is -2.35. The molecular formula is C13H27F2NO5. The molecule has 21 heavy (non-hydrogen) atoms. The molecule has 0 unspecified atom stereocenters. The second-order valence-electron chi connectivity index (χ2n) is 4.28. The molecule has 128 valence electrons. The number of alkyl halides is 2. The second-order valence-corrected chi connectivity index (χ2v) is 4.28. The summed E-state index contributed by atoms with van der Waals surface area (Å²) in [4.78, 5) is 21.5. The molecule has 0 spiro atoms. The van der Waals surface area contributed by atoms with E-state index in [4.69, 9.17) is 4.74 Å². The zero-order valence-electron chi connectivity index (χ0n) is 13.8. The molecule has 0 aromatic heterocycles. The molecule has 0 aliphatic carbocycles. The molecule has 0 atom stereocenters. The molecule has 0 bridgehead atoms. The van der Waals surface area contributed by atoms with Gasteiger partial charge < -0.3 is 19.5 Å². The number of rotatable bonds is 4. The van der Waals surface area contributed by atoms with Gasteiger partial charge in [-0.15, -0.1) is 0 Å². The zero-order chi connectivity index (χ0) is 17.5.